The number of hydrogen-bond donors (Lipinski definition) is 0. The van der Waals surface area contributed by atoms with E-state index >= 15 is 0 Å². The molecule has 1 aromatic carbocycles. The Morgan fingerprint density at radius 2 is 1.82 bits per heavy atom. The third-order valence-electron chi connectivity index (χ3n) is 3.11. The van der Waals surface area contributed by atoms with Gasteiger partial charge in [-0.25, -0.2) is 0 Å². The molecule has 1 fully saturated rings. The average Bonchev–Trinajstić information content (AvgIpc) is 2.98. The van der Waals surface area contributed by atoms with Gasteiger partial charge in [0, 0.05) is 12.0 Å². The van der Waals surface area contributed by atoms with Crippen LogP contribution < -0.4 is 0 Å². The molecule has 122 valence electrons. The Bertz CT molecular complexity index is 611. The van der Waals surface area contributed by atoms with Crippen LogP contribution in [0.3, 0.4) is 0 Å². The van der Waals surface area contributed by atoms with Crippen LogP contribution in [0.2, 0.25) is 0 Å². The van der Waals surface area contributed by atoms with Crippen molar-refractivity contribution >= 4 is 16.4 Å². The maximum atomic E-state index is 12.9. The zero-order valence-electron chi connectivity index (χ0n) is 11.4. The van der Waals surface area contributed by atoms with Crippen molar-refractivity contribution in [2.45, 2.75) is 17.5 Å². The van der Waals surface area contributed by atoms with E-state index in [1.807, 2.05) is 0 Å². The second-order valence-electron chi connectivity index (χ2n) is 4.52. The first-order valence-electron chi connectivity index (χ1n) is 6.39. The van der Waals surface area contributed by atoms with E-state index in [1.165, 1.54) is 0 Å². The molecule has 1 heterocycles. The van der Waals surface area contributed by atoms with Crippen LogP contribution in [0.5, 0.6) is 0 Å². The van der Waals surface area contributed by atoms with E-state index in [0.717, 1.165) is 0 Å². The first-order chi connectivity index (χ1) is 10.3. The van der Waals surface area contributed by atoms with Crippen molar-refractivity contribution in [3.05, 3.63) is 35.9 Å². The number of hydrogen-bond acceptors (Lipinski definition) is 6. The van der Waals surface area contributed by atoms with Crippen LogP contribution in [0.4, 0.5) is 8.78 Å². The number of carbonyl (C=O) groups is 1. The molecule has 0 atom stereocenters. The first-order valence-corrected chi connectivity index (χ1v) is 7.80. The van der Waals surface area contributed by atoms with Crippen molar-refractivity contribution in [2.75, 3.05) is 19.8 Å². The summed E-state index contributed by atoms with van der Waals surface area (Å²) in [4.78, 5) is 10.1. The van der Waals surface area contributed by atoms with Crippen molar-refractivity contribution in [3.63, 3.8) is 0 Å². The summed E-state index contributed by atoms with van der Waals surface area (Å²) in [6.07, 6.45) is -1.09. The Morgan fingerprint density at radius 3 is 2.36 bits per heavy atom. The number of halogens is 2. The summed E-state index contributed by atoms with van der Waals surface area (Å²) in [6, 6.07) is 8.66. The minimum absolute atomic E-state index is 0.120. The summed E-state index contributed by atoms with van der Waals surface area (Å²) in [6.45, 7) is -0.0427. The normalized spacial score (nSPS) is 18.3. The van der Waals surface area contributed by atoms with E-state index < -0.39 is 34.1 Å². The molecule has 0 radical (unpaired) electrons. The highest BCUT2D eigenvalue weighted by Gasteiger charge is 2.47. The molecule has 0 spiro atoms. The van der Waals surface area contributed by atoms with E-state index in [1.54, 1.807) is 30.3 Å². The number of rotatable bonds is 7. The van der Waals surface area contributed by atoms with Gasteiger partial charge >= 0.3 is 15.4 Å². The maximum absolute atomic E-state index is 12.9. The van der Waals surface area contributed by atoms with Gasteiger partial charge in [0.1, 0.15) is 0 Å². The quantitative estimate of drug-likeness (QED) is 0.553. The number of aldehydes is 1. The molecule has 22 heavy (non-hydrogen) atoms. The Hall–Kier alpha value is -1.42. The average molecular weight is 336 g/mol. The van der Waals surface area contributed by atoms with Gasteiger partial charge in [0.25, 0.3) is 0 Å². The van der Waals surface area contributed by atoms with Gasteiger partial charge in [0.2, 0.25) is 6.29 Å². The van der Waals surface area contributed by atoms with E-state index in [9.17, 15) is 22.0 Å². The lowest BCUT2D eigenvalue weighted by atomic mass is 10.0. The van der Waals surface area contributed by atoms with Gasteiger partial charge < -0.3 is 9.47 Å². The molecule has 0 bridgehead atoms. The van der Waals surface area contributed by atoms with Crippen LogP contribution in [0, 0.1) is 0 Å². The molecule has 0 aromatic heterocycles. The van der Waals surface area contributed by atoms with E-state index in [2.05, 4.69) is 4.18 Å². The Kier molecular flexibility index (Phi) is 4.90. The SMILES string of the molecule is O=CC(F)(F)S(=O)(=O)OCCC1(c2ccccc2)OCCO1. The smallest absolute Gasteiger partial charge is 0.343 e. The summed E-state index contributed by atoms with van der Waals surface area (Å²) in [5.41, 5.74) is 0.621. The number of benzene rings is 1. The lowest BCUT2D eigenvalue weighted by Gasteiger charge is -2.27. The standard InChI is InChI=1S/C13H14F2O6S/c14-13(15,10-16)22(17,18)21-7-6-12(19-8-9-20-12)11-4-2-1-3-5-11/h1-5,10H,6-9H2. The Morgan fingerprint density at radius 1 is 1.23 bits per heavy atom. The molecule has 1 saturated heterocycles. The van der Waals surface area contributed by atoms with Crippen LogP contribution in [0.1, 0.15) is 12.0 Å². The highest BCUT2D eigenvalue weighted by molar-refractivity contribution is 7.88. The van der Waals surface area contributed by atoms with Gasteiger partial charge in [-0.2, -0.15) is 17.2 Å². The zero-order valence-corrected chi connectivity index (χ0v) is 12.2. The van der Waals surface area contributed by atoms with Crippen molar-refractivity contribution in [1.82, 2.24) is 0 Å². The largest absolute Gasteiger partial charge is 0.424 e. The fourth-order valence-corrected chi connectivity index (χ4v) is 2.60. The van der Waals surface area contributed by atoms with Gasteiger partial charge in [-0.3, -0.25) is 8.98 Å². The lowest BCUT2D eigenvalue weighted by Crippen LogP contribution is -2.34. The van der Waals surface area contributed by atoms with Crippen LogP contribution in [-0.2, 0) is 34.4 Å². The molecule has 0 amide bonds. The van der Waals surface area contributed by atoms with Crippen LogP contribution in [0.15, 0.2) is 30.3 Å². The predicted molar refractivity (Wildman–Crippen MR) is 70.5 cm³/mol. The Labute approximate surface area is 126 Å². The van der Waals surface area contributed by atoms with E-state index in [0.29, 0.717) is 5.56 Å². The van der Waals surface area contributed by atoms with E-state index in [4.69, 9.17) is 9.47 Å². The number of carbonyl (C=O) groups excluding carboxylic acids is 1. The molecular formula is C13H14F2O6S. The molecule has 1 aliphatic rings. The van der Waals surface area contributed by atoms with Crippen molar-refractivity contribution in [1.29, 1.82) is 0 Å². The zero-order chi connectivity index (χ0) is 16.3. The van der Waals surface area contributed by atoms with Gasteiger partial charge in [0.05, 0.1) is 19.8 Å². The lowest BCUT2D eigenvalue weighted by molar-refractivity contribution is -0.174. The van der Waals surface area contributed by atoms with Crippen molar-refractivity contribution < 1.29 is 35.6 Å². The molecule has 0 N–H and O–H groups in total. The summed E-state index contributed by atoms with van der Waals surface area (Å²) >= 11 is 0. The number of alkyl halides is 2. The Balaban J connectivity index is 2.07. The second kappa shape index (κ2) is 6.37. The summed E-state index contributed by atoms with van der Waals surface area (Å²) in [5.74, 6) is -1.24. The van der Waals surface area contributed by atoms with E-state index in [-0.39, 0.29) is 19.6 Å². The monoisotopic (exact) mass is 336 g/mol. The third-order valence-corrected chi connectivity index (χ3v) is 4.35. The molecule has 1 aromatic rings. The molecule has 2 rings (SSSR count). The molecule has 0 saturated carbocycles. The highest BCUT2D eigenvalue weighted by Crippen LogP contribution is 2.35. The molecule has 6 nitrogen and oxygen atoms in total. The van der Waals surface area contributed by atoms with Crippen molar-refractivity contribution in [2.24, 2.45) is 0 Å². The second-order valence-corrected chi connectivity index (χ2v) is 6.21. The van der Waals surface area contributed by atoms with Gasteiger partial charge in [0.15, 0.2) is 5.79 Å². The van der Waals surface area contributed by atoms with Gasteiger partial charge in [-0.1, -0.05) is 30.3 Å². The molecule has 9 heteroatoms. The summed E-state index contributed by atoms with van der Waals surface area (Å²) in [7, 11) is -5.32. The molecule has 1 aliphatic heterocycles. The van der Waals surface area contributed by atoms with Crippen LogP contribution >= 0.6 is 0 Å². The third kappa shape index (κ3) is 3.32. The maximum Gasteiger partial charge on any atom is 0.424 e. The summed E-state index contributed by atoms with van der Waals surface area (Å²) < 4.78 is 63.5. The fourth-order valence-electron chi connectivity index (χ4n) is 2.03. The molecule has 0 unspecified atom stereocenters. The highest BCUT2D eigenvalue weighted by atomic mass is 32.2. The topological polar surface area (TPSA) is 78.9 Å². The van der Waals surface area contributed by atoms with Crippen molar-refractivity contribution in [3.8, 4) is 0 Å². The van der Waals surface area contributed by atoms with Gasteiger partial charge in [-0.05, 0) is 0 Å². The molecule has 0 aliphatic carbocycles. The predicted octanol–water partition coefficient (Wildman–Crippen LogP) is 1.41. The van der Waals surface area contributed by atoms with Crippen LogP contribution in [-0.4, -0.2) is 39.8 Å². The first kappa shape index (κ1) is 16.9. The minimum Gasteiger partial charge on any atom is -0.343 e. The molecular weight excluding hydrogens is 322 g/mol. The summed E-state index contributed by atoms with van der Waals surface area (Å²) in [5, 5.41) is -4.58. The fraction of sp³-hybridized carbons (Fsp3) is 0.462. The number of ether oxygens (including phenoxy) is 2. The van der Waals surface area contributed by atoms with Crippen LogP contribution in [0.25, 0.3) is 0 Å². The van der Waals surface area contributed by atoms with Gasteiger partial charge in [-0.15, -0.1) is 0 Å². The minimum atomic E-state index is -5.32.